The molecule has 2 N–H and O–H groups in total. The summed E-state index contributed by atoms with van der Waals surface area (Å²) in [5.41, 5.74) is -0.465. The second-order valence-corrected chi connectivity index (χ2v) is 3.97. The summed E-state index contributed by atoms with van der Waals surface area (Å²) in [7, 11) is 1.41. The molecule has 0 saturated carbocycles. The summed E-state index contributed by atoms with van der Waals surface area (Å²) in [5.74, 6) is -0.656. The average Bonchev–Trinajstić information content (AvgIpc) is 2.36. The van der Waals surface area contributed by atoms with Crippen LogP contribution in [0.5, 0.6) is 0 Å². The number of nitrogens with zero attached hydrogens (tertiary/aromatic N) is 2. The SMILES string of the molecule is COCC(O)CNC(=O)c1cc([N+](=O)[O-])cnc1Cl. The Morgan fingerprint density at radius 2 is 2.42 bits per heavy atom. The largest absolute Gasteiger partial charge is 0.389 e. The first-order valence-electron chi connectivity index (χ1n) is 5.20. The molecule has 0 spiro atoms. The van der Waals surface area contributed by atoms with E-state index in [0.717, 1.165) is 12.3 Å². The zero-order valence-electron chi connectivity index (χ0n) is 10.00. The van der Waals surface area contributed by atoms with Crippen LogP contribution in [0.25, 0.3) is 0 Å². The topological polar surface area (TPSA) is 115 Å². The lowest BCUT2D eigenvalue weighted by Crippen LogP contribution is -2.34. The Morgan fingerprint density at radius 3 is 3.00 bits per heavy atom. The van der Waals surface area contributed by atoms with Crippen molar-refractivity contribution in [2.45, 2.75) is 6.10 Å². The number of methoxy groups -OCH3 is 1. The van der Waals surface area contributed by atoms with Crippen molar-refractivity contribution < 1.29 is 19.6 Å². The number of pyridine rings is 1. The second-order valence-electron chi connectivity index (χ2n) is 3.61. The van der Waals surface area contributed by atoms with E-state index in [9.17, 15) is 20.0 Å². The van der Waals surface area contributed by atoms with Crippen LogP contribution in [-0.4, -0.2) is 47.3 Å². The molecule has 1 rings (SSSR count). The Hall–Kier alpha value is -1.77. The van der Waals surface area contributed by atoms with Gasteiger partial charge in [-0.05, 0) is 0 Å². The molecule has 0 bridgehead atoms. The minimum Gasteiger partial charge on any atom is -0.389 e. The van der Waals surface area contributed by atoms with Crippen molar-refractivity contribution in [3.8, 4) is 0 Å². The predicted octanol–water partition coefficient (Wildman–Crippen LogP) is 0.380. The van der Waals surface area contributed by atoms with Gasteiger partial charge in [-0.3, -0.25) is 14.9 Å². The number of carbonyl (C=O) groups excluding carboxylic acids is 1. The van der Waals surface area contributed by atoms with Crippen LogP contribution in [0, 0.1) is 10.1 Å². The third-order valence-electron chi connectivity index (χ3n) is 2.14. The Labute approximate surface area is 113 Å². The Balaban J connectivity index is 2.76. The number of amides is 1. The normalized spacial score (nSPS) is 11.9. The fourth-order valence-electron chi connectivity index (χ4n) is 1.25. The van der Waals surface area contributed by atoms with Crippen LogP contribution in [0.3, 0.4) is 0 Å². The Morgan fingerprint density at radius 1 is 1.74 bits per heavy atom. The van der Waals surface area contributed by atoms with Crippen LogP contribution in [0.4, 0.5) is 5.69 Å². The standard InChI is InChI=1S/C10H12ClN3O5/c1-19-5-7(15)4-13-10(16)8-2-6(14(17)18)3-12-9(8)11/h2-3,7,15H,4-5H2,1H3,(H,13,16). The first kappa shape index (κ1) is 15.3. The number of aliphatic hydroxyl groups excluding tert-OH is 1. The Kier molecular flexibility index (Phi) is 5.61. The number of hydrogen-bond donors (Lipinski definition) is 2. The van der Waals surface area contributed by atoms with Gasteiger partial charge in [0.15, 0.2) is 0 Å². The highest BCUT2D eigenvalue weighted by molar-refractivity contribution is 6.32. The van der Waals surface area contributed by atoms with Crippen LogP contribution in [-0.2, 0) is 4.74 Å². The van der Waals surface area contributed by atoms with Gasteiger partial charge in [0, 0.05) is 19.7 Å². The summed E-state index contributed by atoms with van der Waals surface area (Å²) in [6.07, 6.45) is 0.0817. The zero-order valence-corrected chi connectivity index (χ0v) is 10.8. The van der Waals surface area contributed by atoms with Gasteiger partial charge in [0.2, 0.25) is 0 Å². The molecule has 0 aliphatic rings. The van der Waals surface area contributed by atoms with Gasteiger partial charge in [0.1, 0.15) is 11.3 Å². The van der Waals surface area contributed by atoms with E-state index < -0.39 is 16.9 Å². The van der Waals surface area contributed by atoms with Crippen molar-refractivity contribution in [2.75, 3.05) is 20.3 Å². The predicted molar refractivity (Wildman–Crippen MR) is 66.1 cm³/mol. The third kappa shape index (κ3) is 4.43. The molecule has 104 valence electrons. The number of nitro groups is 1. The van der Waals surface area contributed by atoms with E-state index in [2.05, 4.69) is 15.0 Å². The molecule has 8 nitrogen and oxygen atoms in total. The van der Waals surface area contributed by atoms with Crippen LogP contribution in [0.15, 0.2) is 12.3 Å². The molecule has 19 heavy (non-hydrogen) atoms. The maximum Gasteiger partial charge on any atom is 0.288 e. The zero-order chi connectivity index (χ0) is 14.4. The quantitative estimate of drug-likeness (QED) is 0.444. The lowest BCUT2D eigenvalue weighted by molar-refractivity contribution is -0.385. The van der Waals surface area contributed by atoms with Gasteiger partial charge in [0.05, 0.1) is 23.2 Å². The van der Waals surface area contributed by atoms with Gasteiger partial charge >= 0.3 is 0 Å². The van der Waals surface area contributed by atoms with Crippen LogP contribution in [0.2, 0.25) is 5.15 Å². The molecule has 0 aromatic carbocycles. The summed E-state index contributed by atoms with van der Waals surface area (Å²) in [6, 6.07) is 1.02. The lowest BCUT2D eigenvalue weighted by Gasteiger charge is -2.11. The third-order valence-corrected chi connectivity index (χ3v) is 2.44. The highest BCUT2D eigenvalue weighted by Crippen LogP contribution is 2.18. The number of carbonyl (C=O) groups is 1. The summed E-state index contributed by atoms with van der Waals surface area (Å²) < 4.78 is 4.69. The molecule has 1 aromatic heterocycles. The molecule has 0 saturated heterocycles. The summed E-state index contributed by atoms with van der Waals surface area (Å²) >= 11 is 5.69. The van der Waals surface area contributed by atoms with Crippen LogP contribution < -0.4 is 5.32 Å². The summed E-state index contributed by atoms with van der Waals surface area (Å²) in [5, 5.41) is 22.2. The number of halogens is 1. The molecule has 0 radical (unpaired) electrons. The van der Waals surface area contributed by atoms with E-state index in [1.165, 1.54) is 7.11 Å². The Bertz CT molecular complexity index is 482. The van der Waals surface area contributed by atoms with Gasteiger partial charge in [0.25, 0.3) is 11.6 Å². The monoisotopic (exact) mass is 289 g/mol. The van der Waals surface area contributed by atoms with Crippen molar-refractivity contribution in [1.82, 2.24) is 10.3 Å². The van der Waals surface area contributed by atoms with Gasteiger partial charge in [-0.25, -0.2) is 4.98 Å². The number of ether oxygens (including phenoxy) is 1. The van der Waals surface area contributed by atoms with Crippen LogP contribution >= 0.6 is 11.6 Å². The molecule has 0 aliphatic heterocycles. The van der Waals surface area contributed by atoms with E-state index in [1.807, 2.05) is 0 Å². The molecule has 1 aromatic rings. The van der Waals surface area contributed by atoms with Crippen molar-refractivity contribution >= 4 is 23.2 Å². The van der Waals surface area contributed by atoms with Gasteiger partial charge in [-0.2, -0.15) is 0 Å². The molecule has 1 atom stereocenters. The second kappa shape index (κ2) is 6.98. The van der Waals surface area contributed by atoms with E-state index in [1.54, 1.807) is 0 Å². The number of nitrogens with one attached hydrogen (secondary N) is 1. The van der Waals surface area contributed by atoms with Crippen LogP contribution in [0.1, 0.15) is 10.4 Å². The molecule has 9 heteroatoms. The van der Waals surface area contributed by atoms with E-state index in [4.69, 9.17) is 11.6 Å². The van der Waals surface area contributed by atoms with Gasteiger partial charge in [-0.15, -0.1) is 0 Å². The smallest absolute Gasteiger partial charge is 0.288 e. The van der Waals surface area contributed by atoms with E-state index >= 15 is 0 Å². The maximum absolute atomic E-state index is 11.7. The molecule has 1 amide bonds. The minimum absolute atomic E-state index is 0.0567. The number of aliphatic hydroxyl groups is 1. The van der Waals surface area contributed by atoms with Gasteiger partial charge in [-0.1, -0.05) is 11.6 Å². The molecule has 1 heterocycles. The van der Waals surface area contributed by atoms with Crippen molar-refractivity contribution in [1.29, 1.82) is 0 Å². The molecule has 0 aliphatic carbocycles. The van der Waals surface area contributed by atoms with Crippen molar-refractivity contribution in [2.24, 2.45) is 0 Å². The summed E-state index contributed by atoms with van der Waals surface area (Å²) in [6.45, 7) is -0.00705. The van der Waals surface area contributed by atoms with Crippen molar-refractivity contribution in [3.05, 3.63) is 33.1 Å². The first-order valence-corrected chi connectivity index (χ1v) is 5.58. The fraction of sp³-hybridized carbons (Fsp3) is 0.400. The van der Waals surface area contributed by atoms with Gasteiger partial charge < -0.3 is 15.2 Å². The van der Waals surface area contributed by atoms with E-state index in [-0.39, 0.29) is 29.6 Å². The number of rotatable bonds is 6. The van der Waals surface area contributed by atoms with E-state index in [0.29, 0.717) is 0 Å². The minimum atomic E-state index is -0.876. The van der Waals surface area contributed by atoms with Crippen molar-refractivity contribution in [3.63, 3.8) is 0 Å². The molecule has 1 unspecified atom stereocenters. The highest BCUT2D eigenvalue weighted by atomic mass is 35.5. The number of aromatic nitrogens is 1. The molecular formula is C10H12ClN3O5. The fourth-order valence-corrected chi connectivity index (χ4v) is 1.44. The maximum atomic E-state index is 11.7. The number of hydrogen-bond acceptors (Lipinski definition) is 6. The highest BCUT2D eigenvalue weighted by Gasteiger charge is 2.17. The average molecular weight is 290 g/mol. The lowest BCUT2D eigenvalue weighted by atomic mass is 10.2. The summed E-state index contributed by atoms with van der Waals surface area (Å²) in [4.78, 5) is 25.2. The first-order chi connectivity index (χ1) is 8.95. The molecule has 0 fully saturated rings. The molecular weight excluding hydrogens is 278 g/mol.